The number of pyridine rings is 1. The number of carbonyl (C=O) groups excluding carboxylic acids is 1. The third kappa shape index (κ3) is 3.51. The molecule has 0 saturated heterocycles. The van der Waals surface area contributed by atoms with Gasteiger partial charge in [-0.25, -0.2) is 4.98 Å². The molecule has 5 heteroatoms. The molecular weight excluding hydrogens is 260 g/mol. The van der Waals surface area contributed by atoms with Crippen LogP contribution in [0.3, 0.4) is 0 Å². The highest BCUT2D eigenvalue weighted by molar-refractivity contribution is 9.10. The van der Waals surface area contributed by atoms with Gasteiger partial charge in [0.05, 0.1) is 0 Å². The van der Waals surface area contributed by atoms with Crippen LogP contribution in [0, 0.1) is 0 Å². The molecule has 1 heterocycles. The van der Waals surface area contributed by atoms with Gasteiger partial charge in [0.2, 0.25) is 0 Å². The van der Waals surface area contributed by atoms with Crippen molar-refractivity contribution in [3.05, 3.63) is 22.9 Å². The summed E-state index contributed by atoms with van der Waals surface area (Å²) in [6.45, 7) is 4.16. The third-order valence-electron chi connectivity index (χ3n) is 1.75. The molecule has 15 heavy (non-hydrogen) atoms. The maximum absolute atomic E-state index is 11.4. The Labute approximate surface area is 97.2 Å². The van der Waals surface area contributed by atoms with Gasteiger partial charge in [-0.1, -0.05) is 0 Å². The second kappa shape index (κ2) is 5.70. The summed E-state index contributed by atoms with van der Waals surface area (Å²) < 4.78 is 6.04. The zero-order chi connectivity index (χ0) is 11.3. The summed E-state index contributed by atoms with van der Waals surface area (Å²) in [6, 6.07) is 3.51. The standard InChI is InChI=1S/C10H13BrN2O2/c1-3-12-10(14)7(2)15-8-5-4-6-13-9(8)11/h4-7H,3H2,1-2H3,(H,12,14). The van der Waals surface area contributed by atoms with Crippen molar-refractivity contribution in [2.24, 2.45) is 0 Å². The number of nitrogens with one attached hydrogen (secondary N) is 1. The number of rotatable bonds is 4. The van der Waals surface area contributed by atoms with Crippen molar-refractivity contribution in [2.75, 3.05) is 6.54 Å². The molecule has 0 spiro atoms. The fraction of sp³-hybridized carbons (Fsp3) is 0.400. The number of hydrogen-bond donors (Lipinski definition) is 1. The average Bonchev–Trinajstić information content (AvgIpc) is 2.21. The number of halogens is 1. The monoisotopic (exact) mass is 272 g/mol. The normalized spacial score (nSPS) is 11.9. The van der Waals surface area contributed by atoms with Crippen molar-refractivity contribution in [1.29, 1.82) is 0 Å². The second-order valence-corrected chi connectivity index (χ2v) is 3.70. The van der Waals surface area contributed by atoms with E-state index in [1.165, 1.54) is 0 Å². The van der Waals surface area contributed by atoms with Crippen LogP contribution < -0.4 is 10.1 Å². The predicted octanol–water partition coefficient (Wildman–Crippen LogP) is 1.75. The first-order valence-corrected chi connectivity index (χ1v) is 5.49. The van der Waals surface area contributed by atoms with Gasteiger partial charge < -0.3 is 10.1 Å². The molecule has 1 N–H and O–H groups in total. The maximum Gasteiger partial charge on any atom is 0.260 e. The molecule has 1 aromatic rings. The van der Waals surface area contributed by atoms with E-state index in [2.05, 4.69) is 26.2 Å². The van der Waals surface area contributed by atoms with Crippen LogP contribution in [0.25, 0.3) is 0 Å². The van der Waals surface area contributed by atoms with E-state index in [1.54, 1.807) is 25.3 Å². The van der Waals surface area contributed by atoms with Gasteiger partial charge in [0.15, 0.2) is 11.9 Å². The Balaban J connectivity index is 2.62. The van der Waals surface area contributed by atoms with Crippen LogP contribution in [0.5, 0.6) is 5.75 Å². The minimum atomic E-state index is -0.523. The van der Waals surface area contributed by atoms with Crippen molar-refractivity contribution < 1.29 is 9.53 Å². The summed E-state index contributed by atoms with van der Waals surface area (Å²) in [7, 11) is 0. The van der Waals surface area contributed by atoms with E-state index in [0.29, 0.717) is 16.9 Å². The first-order valence-electron chi connectivity index (χ1n) is 4.70. The lowest BCUT2D eigenvalue weighted by Crippen LogP contribution is -2.36. The highest BCUT2D eigenvalue weighted by atomic mass is 79.9. The van der Waals surface area contributed by atoms with E-state index < -0.39 is 6.10 Å². The van der Waals surface area contributed by atoms with Crippen molar-refractivity contribution in [2.45, 2.75) is 20.0 Å². The molecule has 0 aliphatic heterocycles. The van der Waals surface area contributed by atoms with Crippen LogP contribution >= 0.6 is 15.9 Å². The van der Waals surface area contributed by atoms with Crippen molar-refractivity contribution in [1.82, 2.24) is 10.3 Å². The van der Waals surface area contributed by atoms with E-state index in [4.69, 9.17) is 4.74 Å². The molecule has 0 radical (unpaired) electrons. The van der Waals surface area contributed by atoms with Crippen LogP contribution in [0.4, 0.5) is 0 Å². The van der Waals surface area contributed by atoms with Gasteiger partial charge in [-0.05, 0) is 41.9 Å². The zero-order valence-corrected chi connectivity index (χ0v) is 10.2. The van der Waals surface area contributed by atoms with Crippen LogP contribution in [0.2, 0.25) is 0 Å². The van der Waals surface area contributed by atoms with E-state index in [9.17, 15) is 4.79 Å². The summed E-state index contributed by atoms with van der Waals surface area (Å²) in [5.74, 6) is 0.435. The molecule has 4 nitrogen and oxygen atoms in total. The Kier molecular flexibility index (Phi) is 4.55. The Morgan fingerprint density at radius 1 is 1.73 bits per heavy atom. The number of ether oxygens (including phenoxy) is 1. The highest BCUT2D eigenvalue weighted by Crippen LogP contribution is 2.22. The van der Waals surface area contributed by atoms with Crippen molar-refractivity contribution >= 4 is 21.8 Å². The molecule has 0 aliphatic rings. The molecule has 0 aliphatic carbocycles. The molecule has 1 unspecified atom stereocenters. The average molecular weight is 273 g/mol. The van der Waals surface area contributed by atoms with Gasteiger partial charge in [-0.2, -0.15) is 0 Å². The zero-order valence-electron chi connectivity index (χ0n) is 8.66. The Morgan fingerprint density at radius 2 is 2.47 bits per heavy atom. The first-order chi connectivity index (χ1) is 7.15. The van der Waals surface area contributed by atoms with Crippen LogP contribution in [0.1, 0.15) is 13.8 Å². The minimum Gasteiger partial charge on any atom is -0.478 e. The lowest BCUT2D eigenvalue weighted by Gasteiger charge is -2.14. The summed E-state index contributed by atoms with van der Waals surface area (Å²) in [6.07, 6.45) is 1.12. The summed E-state index contributed by atoms with van der Waals surface area (Å²) in [5, 5.41) is 2.69. The molecule has 1 aromatic heterocycles. The maximum atomic E-state index is 11.4. The van der Waals surface area contributed by atoms with Crippen molar-refractivity contribution in [3.63, 3.8) is 0 Å². The molecule has 0 saturated carbocycles. The number of amides is 1. The molecule has 1 atom stereocenters. The quantitative estimate of drug-likeness (QED) is 0.850. The lowest BCUT2D eigenvalue weighted by atomic mass is 10.3. The summed E-state index contributed by atoms with van der Waals surface area (Å²) in [5.41, 5.74) is 0. The Hall–Kier alpha value is -1.10. The number of aromatic nitrogens is 1. The third-order valence-corrected chi connectivity index (χ3v) is 2.34. The van der Waals surface area contributed by atoms with Gasteiger partial charge in [-0.15, -0.1) is 0 Å². The molecule has 1 rings (SSSR count). The SMILES string of the molecule is CCNC(=O)C(C)Oc1cccnc1Br. The van der Waals surface area contributed by atoms with Gasteiger partial charge in [-0.3, -0.25) is 4.79 Å². The molecule has 0 fully saturated rings. The topological polar surface area (TPSA) is 51.2 Å². The van der Waals surface area contributed by atoms with Gasteiger partial charge in [0, 0.05) is 12.7 Å². The van der Waals surface area contributed by atoms with Gasteiger partial charge in [0.25, 0.3) is 5.91 Å². The smallest absolute Gasteiger partial charge is 0.260 e. The largest absolute Gasteiger partial charge is 0.478 e. The van der Waals surface area contributed by atoms with Crippen molar-refractivity contribution in [3.8, 4) is 5.75 Å². The minimum absolute atomic E-state index is 0.131. The fourth-order valence-corrected chi connectivity index (χ4v) is 1.36. The number of likely N-dealkylation sites (N-methyl/N-ethyl adjacent to an activating group) is 1. The van der Waals surface area contributed by atoms with Gasteiger partial charge >= 0.3 is 0 Å². The van der Waals surface area contributed by atoms with E-state index in [0.717, 1.165) is 0 Å². The van der Waals surface area contributed by atoms with E-state index >= 15 is 0 Å². The number of hydrogen-bond acceptors (Lipinski definition) is 3. The molecular formula is C10H13BrN2O2. The number of carbonyl (C=O) groups is 1. The Bertz CT molecular complexity index is 344. The Morgan fingerprint density at radius 3 is 3.07 bits per heavy atom. The molecule has 0 bridgehead atoms. The second-order valence-electron chi connectivity index (χ2n) is 2.95. The van der Waals surface area contributed by atoms with Crippen LogP contribution in [-0.4, -0.2) is 23.5 Å². The van der Waals surface area contributed by atoms with Crippen LogP contribution in [-0.2, 0) is 4.79 Å². The lowest BCUT2D eigenvalue weighted by molar-refractivity contribution is -0.127. The predicted molar refractivity (Wildman–Crippen MR) is 60.7 cm³/mol. The van der Waals surface area contributed by atoms with E-state index in [-0.39, 0.29) is 5.91 Å². The summed E-state index contributed by atoms with van der Waals surface area (Å²) >= 11 is 3.25. The molecule has 0 aromatic carbocycles. The molecule has 1 amide bonds. The van der Waals surface area contributed by atoms with Crippen LogP contribution in [0.15, 0.2) is 22.9 Å². The fourth-order valence-electron chi connectivity index (χ4n) is 1.02. The number of nitrogens with zero attached hydrogens (tertiary/aromatic N) is 1. The first kappa shape index (κ1) is 12.0. The van der Waals surface area contributed by atoms with E-state index in [1.807, 2.05) is 6.92 Å². The summed E-state index contributed by atoms with van der Waals surface area (Å²) in [4.78, 5) is 15.4. The van der Waals surface area contributed by atoms with Gasteiger partial charge in [0.1, 0.15) is 4.60 Å². The molecule has 82 valence electrons. The highest BCUT2D eigenvalue weighted by Gasteiger charge is 2.14.